The smallest absolute Gasteiger partial charge is 0.252 e. The summed E-state index contributed by atoms with van der Waals surface area (Å²) in [4.78, 5) is 24.3. The van der Waals surface area contributed by atoms with Crippen molar-refractivity contribution in [2.75, 3.05) is 26.3 Å². The van der Waals surface area contributed by atoms with Crippen LogP contribution in [0.2, 0.25) is 0 Å². The van der Waals surface area contributed by atoms with E-state index < -0.39 is 27.9 Å². The number of hydrogen-bond donors (Lipinski definition) is 2. The number of hydrogen-bond acceptors (Lipinski definition) is 5. The Kier molecular flexibility index (Phi) is 6.08. The maximum atomic E-state index is 12.6. The normalized spacial score (nSPS) is 16.3. The molecule has 9 heteroatoms. The van der Waals surface area contributed by atoms with Gasteiger partial charge in [-0.1, -0.05) is 30.3 Å². The van der Waals surface area contributed by atoms with Crippen molar-refractivity contribution in [2.45, 2.75) is 10.9 Å². The number of amides is 2. The summed E-state index contributed by atoms with van der Waals surface area (Å²) in [5, 5.41) is 2.58. The van der Waals surface area contributed by atoms with Gasteiger partial charge >= 0.3 is 0 Å². The van der Waals surface area contributed by atoms with Crippen LogP contribution in [-0.2, 0) is 19.6 Å². The number of benzene rings is 2. The number of carbonyl (C=O) groups is 2. The molecular formula is C19H21N3O5S. The Labute approximate surface area is 163 Å². The number of primary amides is 1. The van der Waals surface area contributed by atoms with E-state index in [9.17, 15) is 18.0 Å². The van der Waals surface area contributed by atoms with Gasteiger partial charge in [-0.05, 0) is 29.8 Å². The first kappa shape index (κ1) is 20.0. The molecule has 0 bridgehead atoms. The van der Waals surface area contributed by atoms with Gasteiger partial charge in [-0.3, -0.25) is 9.59 Å². The molecule has 1 saturated heterocycles. The first-order valence-corrected chi connectivity index (χ1v) is 10.2. The highest BCUT2D eigenvalue weighted by atomic mass is 32.2. The van der Waals surface area contributed by atoms with Crippen LogP contribution in [0.3, 0.4) is 0 Å². The highest BCUT2D eigenvalue weighted by Gasteiger charge is 2.27. The van der Waals surface area contributed by atoms with Crippen LogP contribution in [0.4, 0.5) is 0 Å². The number of rotatable bonds is 6. The van der Waals surface area contributed by atoms with Crippen LogP contribution in [0.5, 0.6) is 0 Å². The van der Waals surface area contributed by atoms with E-state index in [0.29, 0.717) is 31.9 Å². The van der Waals surface area contributed by atoms with Crippen molar-refractivity contribution in [3.63, 3.8) is 0 Å². The van der Waals surface area contributed by atoms with E-state index >= 15 is 0 Å². The minimum atomic E-state index is -3.64. The number of nitrogens with two attached hydrogens (primary N) is 1. The molecule has 3 N–H and O–H groups in total. The minimum Gasteiger partial charge on any atom is -0.379 e. The average Bonchev–Trinajstić information content (AvgIpc) is 2.73. The first-order chi connectivity index (χ1) is 13.4. The van der Waals surface area contributed by atoms with E-state index in [-0.39, 0.29) is 10.5 Å². The molecule has 148 valence electrons. The van der Waals surface area contributed by atoms with Gasteiger partial charge in [0, 0.05) is 18.7 Å². The van der Waals surface area contributed by atoms with E-state index in [2.05, 4.69) is 5.32 Å². The highest BCUT2D eigenvalue weighted by molar-refractivity contribution is 7.89. The molecule has 0 aliphatic carbocycles. The van der Waals surface area contributed by atoms with Crippen molar-refractivity contribution in [3.05, 3.63) is 65.7 Å². The summed E-state index contributed by atoms with van der Waals surface area (Å²) in [7, 11) is -3.64. The van der Waals surface area contributed by atoms with Crippen molar-refractivity contribution < 1.29 is 22.7 Å². The zero-order valence-electron chi connectivity index (χ0n) is 15.1. The molecule has 3 rings (SSSR count). The number of sulfonamides is 1. The third-order valence-electron chi connectivity index (χ3n) is 4.42. The molecule has 1 aliphatic rings. The quantitative estimate of drug-likeness (QED) is 0.735. The molecule has 0 saturated carbocycles. The number of ether oxygens (including phenoxy) is 1. The lowest BCUT2D eigenvalue weighted by atomic mass is 10.1. The van der Waals surface area contributed by atoms with Crippen LogP contribution in [0.25, 0.3) is 0 Å². The Hall–Kier alpha value is -2.75. The fourth-order valence-electron chi connectivity index (χ4n) is 2.89. The third kappa shape index (κ3) is 4.38. The molecule has 0 spiro atoms. The lowest BCUT2D eigenvalue weighted by Crippen LogP contribution is -2.40. The molecule has 1 fully saturated rings. The average molecular weight is 403 g/mol. The maximum Gasteiger partial charge on any atom is 0.252 e. The van der Waals surface area contributed by atoms with Gasteiger partial charge in [0.2, 0.25) is 15.9 Å². The predicted octanol–water partition coefficient (Wildman–Crippen LogP) is 0.664. The van der Waals surface area contributed by atoms with Crippen molar-refractivity contribution in [1.29, 1.82) is 0 Å². The van der Waals surface area contributed by atoms with E-state index in [1.165, 1.54) is 28.6 Å². The second-order valence-corrected chi connectivity index (χ2v) is 8.20. The lowest BCUT2D eigenvalue weighted by molar-refractivity contribution is -0.120. The number of nitrogens with one attached hydrogen (secondary N) is 1. The van der Waals surface area contributed by atoms with Gasteiger partial charge in [-0.2, -0.15) is 4.31 Å². The molecule has 1 heterocycles. The van der Waals surface area contributed by atoms with Gasteiger partial charge in [0.15, 0.2) is 0 Å². The van der Waals surface area contributed by atoms with Crippen molar-refractivity contribution in [2.24, 2.45) is 5.73 Å². The fraction of sp³-hybridized carbons (Fsp3) is 0.263. The summed E-state index contributed by atoms with van der Waals surface area (Å²) < 4.78 is 31.8. The Balaban J connectivity index is 1.75. The molecule has 2 aromatic rings. The summed E-state index contributed by atoms with van der Waals surface area (Å²) in [6, 6.07) is 13.2. The van der Waals surface area contributed by atoms with E-state index in [4.69, 9.17) is 10.5 Å². The largest absolute Gasteiger partial charge is 0.379 e. The standard InChI is InChI=1S/C19H21N3O5S/c20-18(23)17(14-4-2-1-3-5-14)21-19(24)15-6-8-16(9-7-15)28(25,26)22-10-12-27-13-11-22/h1-9,17H,10-13H2,(H2,20,23)(H,21,24). The van der Waals surface area contributed by atoms with Crippen LogP contribution < -0.4 is 11.1 Å². The topological polar surface area (TPSA) is 119 Å². The molecule has 2 aromatic carbocycles. The summed E-state index contributed by atoms with van der Waals surface area (Å²) in [6.07, 6.45) is 0. The molecule has 28 heavy (non-hydrogen) atoms. The second kappa shape index (κ2) is 8.51. The van der Waals surface area contributed by atoms with Gasteiger partial charge in [0.05, 0.1) is 18.1 Å². The monoisotopic (exact) mass is 403 g/mol. The summed E-state index contributed by atoms with van der Waals surface area (Å²) in [6.45, 7) is 1.30. The van der Waals surface area contributed by atoms with E-state index in [1.807, 2.05) is 0 Å². The molecule has 1 atom stereocenters. The van der Waals surface area contributed by atoms with Gasteiger partial charge in [-0.25, -0.2) is 8.42 Å². The predicted molar refractivity (Wildman–Crippen MR) is 102 cm³/mol. The molecule has 1 aliphatic heterocycles. The zero-order valence-corrected chi connectivity index (χ0v) is 15.9. The number of nitrogens with zero attached hydrogens (tertiary/aromatic N) is 1. The molecule has 8 nitrogen and oxygen atoms in total. The van der Waals surface area contributed by atoms with Crippen LogP contribution in [0.1, 0.15) is 22.0 Å². The van der Waals surface area contributed by atoms with Crippen LogP contribution >= 0.6 is 0 Å². The van der Waals surface area contributed by atoms with E-state index in [1.54, 1.807) is 30.3 Å². The Morgan fingerprint density at radius 2 is 1.61 bits per heavy atom. The van der Waals surface area contributed by atoms with Crippen LogP contribution in [-0.4, -0.2) is 50.8 Å². The Morgan fingerprint density at radius 1 is 1.00 bits per heavy atom. The van der Waals surface area contributed by atoms with Crippen molar-refractivity contribution in [1.82, 2.24) is 9.62 Å². The van der Waals surface area contributed by atoms with Gasteiger partial charge in [0.1, 0.15) is 6.04 Å². The van der Waals surface area contributed by atoms with Crippen molar-refractivity contribution >= 4 is 21.8 Å². The third-order valence-corrected chi connectivity index (χ3v) is 6.33. The van der Waals surface area contributed by atoms with Gasteiger partial charge in [0.25, 0.3) is 5.91 Å². The SMILES string of the molecule is NC(=O)C(NC(=O)c1ccc(S(=O)(=O)N2CCOCC2)cc1)c1ccccc1. The molecule has 2 amide bonds. The molecular weight excluding hydrogens is 382 g/mol. The highest BCUT2D eigenvalue weighted by Crippen LogP contribution is 2.18. The molecule has 0 aromatic heterocycles. The van der Waals surface area contributed by atoms with Crippen molar-refractivity contribution in [3.8, 4) is 0 Å². The maximum absolute atomic E-state index is 12.6. The second-order valence-electron chi connectivity index (χ2n) is 6.26. The van der Waals surface area contributed by atoms with Gasteiger partial charge < -0.3 is 15.8 Å². The molecule has 1 unspecified atom stereocenters. The first-order valence-electron chi connectivity index (χ1n) is 8.72. The Bertz CT molecular complexity index is 939. The summed E-state index contributed by atoms with van der Waals surface area (Å²) in [5.41, 5.74) is 6.20. The van der Waals surface area contributed by atoms with Crippen LogP contribution in [0.15, 0.2) is 59.5 Å². The summed E-state index contributed by atoms with van der Waals surface area (Å²) >= 11 is 0. The number of carbonyl (C=O) groups excluding carboxylic acids is 2. The summed E-state index contributed by atoms with van der Waals surface area (Å²) in [5.74, 6) is -1.21. The lowest BCUT2D eigenvalue weighted by Gasteiger charge is -2.26. The Morgan fingerprint density at radius 3 is 2.18 bits per heavy atom. The minimum absolute atomic E-state index is 0.0976. The zero-order chi connectivity index (χ0) is 20.1. The number of morpholine rings is 1. The van der Waals surface area contributed by atoms with E-state index in [0.717, 1.165) is 0 Å². The van der Waals surface area contributed by atoms with Crippen LogP contribution in [0, 0.1) is 0 Å². The fourth-order valence-corrected chi connectivity index (χ4v) is 4.30. The van der Waals surface area contributed by atoms with Gasteiger partial charge in [-0.15, -0.1) is 0 Å². The molecule has 0 radical (unpaired) electrons.